The maximum atomic E-state index is 2.41. The summed E-state index contributed by atoms with van der Waals surface area (Å²) in [4.78, 5) is 0. The fraction of sp³-hybridized carbons (Fsp3) is 0.0526. The quantitative estimate of drug-likeness (QED) is 0.116. The topological polar surface area (TPSA) is 0 Å². The molecule has 0 amide bonds. The van der Waals surface area contributed by atoms with E-state index in [0.29, 0.717) is 0 Å². The molecule has 0 saturated carbocycles. The van der Waals surface area contributed by atoms with Crippen LogP contribution in [0.5, 0.6) is 0 Å². The van der Waals surface area contributed by atoms with Crippen LogP contribution in [0.15, 0.2) is 182 Å². The van der Waals surface area contributed by atoms with Gasteiger partial charge in [-0.15, -0.1) is 0 Å². The average Bonchev–Trinajstić information content (AvgIpc) is 3.07. The van der Waals surface area contributed by atoms with Crippen LogP contribution < -0.4 is 128 Å². The van der Waals surface area contributed by atoms with Gasteiger partial charge in [-0.3, -0.25) is 0 Å². The van der Waals surface area contributed by atoms with Gasteiger partial charge in [0.15, 0.2) is 0 Å². The molecule has 0 spiro atoms. The molecule has 0 saturated heterocycles. The molecule has 0 aliphatic heterocycles. The van der Waals surface area contributed by atoms with E-state index in [4.69, 9.17) is 0 Å². The molecule has 7 heteroatoms. The Labute approximate surface area is 350 Å². The zero-order valence-corrected chi connectivity index (χ0v) is 36.5. The molecule has 6 aromatic carbocycles. The van der Waals surface area contributed by atoms with E-state index in [2.05, 4.69) is 195 Å². The molecule has 0 bridgehead atoms. The minimum atomic E-state index is -1.53. The Bertz CT molecular complexity index is 1280. The van der Waals surface area contributed by atoms with Crippen LogP contribution in [0.3, 0.4) is 0 Å². The maximum Gasteiger partial charge on any atom is 2.00 e. The van der Waals surface area contributed by atoms with Crippen LogP contribution in [0.25, 0.3) is 0 Å². The van der Waals surface area contributed by atoms with Gasteiger partial charge in [0.2, 0.25) is 0 Å². The summed E-state index contributed by atoms with van der Waals surface area (Å²) >= 11 is 0. The van der Waals surface area contributed by atoms with Crippen molar-refractivity contribution in [2.75, 3.05) is 13.3 Å². The molecule has 0 aromatic heterocycles. The van der Waals surface area contributed by atoms with Gasteiger partial charge in [-0.25, -0.2) is 0 Å². The molecule has 0 aliphatic rings. The third-order valence-corrected chi connectivity index (χ3v) is 15.6. The van der Waals surface area contributed by atoms with Gasteiger partial charge in [-0.1, -0.05) is 109 Å². The number of benzene rings is 6. The zero-order valence-electron chi connectivity index (χ0n) is 25.1. The minimum absolute atomic E-state index is 0. The van der Waals surface area contributed by atoms with Crippen molar-refractivity contribution in [2.45, 2.75) is 0 Å². The van der Waals surface area contributed by atoms with Gasteiger partial charge in [0.1, 0.15) is 46.4 Å². The summed E-state index contributed by atoms with van der Waals surface area (Å²) < 4.78 is 0. The van der Waals surface area contributed by atoms with Gasteiger partial charge in [-0.2, -0.15) is 0 Å². The Morgan fingerprint density at radius 1 is 0.244 bits per heavy atom. The molecule has 0 fully saturated rings. The molecule has 0 unspecified atom stereocenters. The fourth-order valence-corrected chi connectivity index (χ4v) is 11.7. The first-order valence-electron chi connectivity index (χ1n) is 13.7. The van der Waals surface area contributed by atoms with Crippen molar-refractivity contribution in [1.82, 2.24) is 0 Å². The molecule has 6 rings (SSSR count). The predicted molar refractivity (Wildman–Crippen MR) is 182 cm³/mol. The van der Waals surface area contributed by atoms with Gasteiger partial charge in [0.25, 0.3) is 0 Å². The maximum absolute atomic E-state index is 2.41. The standard InChI is InChI=1S/2C19H18P.Co.4HI/c2*1-20(17-11-5-2-6-12-17,18-13-7-3-8-14-18)19-15-9-4-10-16-19;;;;;/h2*2-16H,1H3;;4*1H/q2*+1;+2;;;;/p-4. The Morgan fingerprint density at radius 2 is 0.356 bits per heavy atom. The van der Waals surface area contributed by atoms with Crippen molar-refractivity contribution >= 4 is 46.4 Å². The van der Waals surface area contributed by atoms with Crippen molar-refractivity contribution < 1.29 is 113 Å². The van der Waals surface area contributed by atoms with E-state index in [0.717, 1.165) is 0 Å². The summed E-state index contributed by atoms with van der Waals surface area (Å²) in [5, 5.41) is 8.57. The molecule has 0 heterocycles. The molecule has 235 valence electrons. The number of hydrogen-bond donors (Lipinski definition) is 0. The summed E-state index contributed by atoms with van der Waals surface area (Å²) in [6, 6.07) is 65.3. The fourth-order valence-electron chi connectivity index (χ4n) is 5.25. The van der Waals surface area contributed by atoms with Gasteiger partial charge in [-0.05, 0) is 72.8 Å². The SMILES string of the molecule is C[P+](c1ccccc1)(c1ccccc1)c1ccccc1.C[P+](c1ccccc1)(c1ccccc1)c1ccccc1.[Co+2].[I-].[I-].[I-].[I-]. The van der Waals surface area contributed by atoms with Crippen molar-refractivity contribution in [3.8, 4) is 0 Å². The molecule has 0 nitrogen and oxygen atoms in total. The second kappa shape index (κ2) is 22.3. The first-order chi connectivity index (χ1) is 19.6. The van der Waals surface area contributed by atoms with E-state index in [9.17, 15) is 0 Å². The summed E-state index contributed by atoms with van der Waals surface area (Å²) in [5.74, 6) is 0. The number of halogens is 4. The van der Waals surface area contributed by atoms with Gasteiger partial charge < -0.3 is 95.9 Å². The third kappa shape index (κ3) is 10.8. The normalized spacial score (nSPS) is 10.0. The van der Waals surface area contributed by atoms with E-state index in [1.54, 1.807) is 0 Å². The van der Waals surface area contributed by atoms with Gasteiger partial charge in [0, 0.05) is 0 Å². The number of rotatable bonds is 6. The van der Waals surface area contributed by atoms with E-state index in [-0.39, 0.29) is 113 Å². The van der Waals surface area contributed by atoms with Crippen LogP contribution in [-0.2, 0) is 16.8 Å². The van der Waals surface area contributed by atoms with E-state index < -0.39 is 14.5 Å². The summed E-state index contributed by atoms with van der Waals surface area (Å²) in [6.45, 7) is 4.82. The molecule has 45 heavy (non-hydrogen) atoms. The number of hydrogen-bond acceptors (Lipinski definition) is 0. The Kier molecular flexibility index (Phi) is 22.1. The first-order valence-corrected chi connectivity index (χ1v) is 18.2. The molecule has 6 aromatic rings. The molecule has 0 N–H and O–H groups in total. The minimum Gasteiger partial charge on any atom is -1.00 e. The largest absolute Gasteiger partial charge is 2.00 e. The summed E-state index contributed by atoms with van der Waals surface area (Å²) in [6.07, 6.45) is 0. The first kappa shape index (κ1) is 44.6. The zero-order chi connectivity index (χ0) is 27.7. The van der Waals surface area contributed by atoms with Crippen molar-refractivity contribution in [3.63, 3.8) is 0 Å². The van der Waals surface area contributed by atoms with E-state index >= 15 is 0 Å². The third-order valence-electron chi connectivity index (χ3n) is 7.64. The van der Waals surface area contributed by atoms with Crippen molar-refractivity contribution in [3.05, 3.63) is 182 Å². The van der Waals surface area contributed by atoms with Gasteiger partial charge >= 0.3 is 16.8 Å². The van der Waals surface area contributed by atoms with Crippen LogP contribution in [0, 0.1) is 0 Å². The van der Waals surface area contributed by atoms with E-state index in [1.165, 1.54) is 31.8 Å². The van der Waals surface area contributed by atoms with Crippen molar-refractivity contribution in [2.24, 2.45) is 0 Å². The molecular weight excluding hydrogens is 1080 g/mol. The van der Waals surface area contributed by atoms with Crippen LogP contribution >= 0.6 is 14.5 Å². The monoisotopic (exact) mass is 1120 g/mol. The average molecular weight is 1120 g/mol. The Balaban J connectivity index is 0.000000774. The van der Waals surface area contributed by atoms with Gasteiger partial charge in [0.05, 0.1) is 13.3 Å². The van der Waals surface area contributed by atoms with Crippen LogP contribution in [0.4, 0.5) is 0 Å². The predicted octanol–water partition coefficient (Wildman–Crippen LogP) is -4.77. The van der Waals surface area contributed by atoms with Crippen LogP contribution in [-0.4, -0.2) is 13.3 Å². The molecule has 0 aliphatic carbocycles. The smallest absolute Gasteiger partial charge is 1.00 e. The van der Waals surface area contributed by atoms with Crippen LogP contribution in [0.1, 0.15) is 0 Å². The second-order valence-corrected chi connectivity index (χ2v) is 17.1. The van der Waals surface area contributed by atoms with Crippen molar-refractivity contribution in [1.29, 1.82) is 0 Å². The van der Waals surface area contributed by atoms with E-state index in [1.807, 2.05) is 0 Å². The van der Waals surface area contributed by atoms with Crippen LogP contribution in [0.2, 0.25) is 0 Å². The summed E-state index contributed by atoms with van der Waals surface area (Å²) in [7, 11) is -3.05. The molecular formula is C38H36CoI4P2. The summed E-state index contributed by atoms with van der Waals surface area (Å²) in [5.41, 5.74) is 0. The molecule has 0 atom stereocenters. The second-order valence-electron chi connectivity index (χ2n) is 10.0. The Morgan fingerprint density at radius 3 is 0.467 bits per heavy atom. The molecule has 1 radical (unpaired) electrons. The Hall–Kier alpha value is -0.394.